The van der Waals surface area contributed by atoms with Crippen LogP contribution in [-0.4, -0.2) is 0 Å². The Labute approximate surface area is 44.6 Å². The molecule has 0 bridgehead atoms. The second-order valence-electron chi connectivity index (χ2n) is 0.836. The molecule has 0 aliphatic heterocycles. The minimum atomic E-state index is 0. The Balaban J connectivity index is 0. The fraction of sp³-hybridized carbons (Fsp3) is 0.500. The first-order chi connectivity index (χ1) is 2.41. The molecular weight excluding hydrogens is 97.5 g/mol. The molecule has 2 N–H and O–H groups in total. The Morgan fingerprint density at radius 1 is 1.67 bits per heavy atom. The molecule has 0 atom stereocenters. The van der Waals surface area contributed by atoms with Crippen LogP contribution in [0.2, 0.25) is 0 Å². The van der Waals surface area contributed by atoms with E-state index in [1.807, 2.05) is 13.0 Å². The molecule has 0 rings (SSSR count). The topological polar surface area (TPSA) is 26.0 Å². The van der Waals surface area contributed by atoms with Gasteiger partial charge in [0.1, 0.15) is 0 Å². The molecule has 0 saturated heterocycles. The first-order valence-electron chi connectivity index (χ1n) is 1.78. The van der Waals surface area contributed by atoms with Gasteiger partial charge in [-0.05, 0) is 12.6 Å². The Morgan fingerprint density at radius 2 is 2.17 bits per heavy atom. The molecule has 6 heavy (non-hydrogen) atoms. The monoisotopic (exact) mass is 107 g/mol. The van der Waals surface area contributed by atoms with E-state index in [0.29, 0.717) is 0 Å². The van der Waals surface area contributed by atoms with Crippen LogP contribution in [0.4, 0.5) is 0 Å². The van der Waals surface area contributed by atoms with Crippen molar-refractivity contribution in [3.8, 4) is 0 Å². The molecule has 0 aliphatic rings. The maximum absolute atomic E-state index is 4.96. The smallest absolute Gasteiger partial charge is 0.0103 e. The number of hydrogen-bond donors (Lipinski definition) is 1. The highest BCUT2D eigenvalue weighted by atomic mass is 35.5. The number of halogens is 1. The lowest BCUT2D eigenvalue weighted by Crippen LogP contribution is -1.72. The fourth-order valence-corrected chi connectivity index (χ4v) is 0.136. The summed E-state index contributed by atoms with van der Waals surface area (Å²) in [5.41, 5.74) is 4.96. The molecule has 0 aliphatic carbocycles. The number of rotatable bonds is 1. The lowest BCUT2D eigenvalue weighted by Gasteiger charge is -1.66. The minimum absolute atomic E-state index is 0. The van der Waals surface area contributed by atoms with Crippen LogP contribution >= 0.6 is 12.4 Å². The van der Waals surface area contributed by atoms with Gasteiger partial charge >= 0.3 is 0 Å². The maximum Gasteiger partial charge on any atom is -0.0103 e. The second kappa shape index (κ2) is 8.85. The predicted octanol–water partition coefficient (Wildman–Crippen LogP) is 1.29. The van der Waals surface area contributed by atoms with Gasteiger partial charge in [0, 0.05) is 0 Å². The van der Waals surface area contributed by atoms with Gasteiger partial charge in [-0.2, -0.15) is 0 Å². The number of hydrogen-bond acceptors (Lipinski definition) is 1. The van der Waals surface area contributed by atoms with E-state index in [2.05, 4.69) is 0 Å². The van der Waals surface area contributed by atoms with Gasteiger partial charge in [-0.15, -0.1) is 12.4 Å². The molecule has 2 heteroatoms. The second-order valence-corrected chi connectivity index (χ2v) is 0.836. The summed E-state index contributed by atoms with van der Waals surface area (Å²) in [4.78, 5) is 0. The van der Waals surface area contributed by atoms with Crippen molar-refractivity contribution in [2.24, 2.45) is 5.73 Å². The molecule has 0 spiro atoms. The summed E-state index contributed by atoms with van der Waals surface area (Å²) in [6.45, 7) is 2.04. The third kappa shape index (κ3) is 9.16. The summed E-state index contributed by atoms with van der Waals surface area (Å²) >= 11 is 0. The van der Waals surface area contributed by atoms with Gasteiger partial charge in [-0.1, -0.05) is 13.0 Å². The van der Waals surface area contributed by atoms with Crippen LogP contribution in [0, 0.1) is 0 Å². The van der Waals surface area contributed by atoms with Crippen molar-refractivity contribution in [2.45, 2.75) is 13.3 Å². The normalized spacial score (nSPS) is 8.17. The zero-order valence-corrected chi connectivity index (χ0v) is 4.66. The van der Waals surface area contributed by atoms with Crippen molar-refractivity contribution in [1.29, 1.82) is 0 Å². The van der Waals surface area contributed by atoms with Crippen LogP contribution in [0.25, 0.3) is 0 Å². The summed E-state index contributed by atoms with van der Waals surface area (Å²) in [7, 11) is 0. The molecule has 0 saturated carbocycles. The zero-order valence-electron chi connectivity index (χ0n) is 3.85. The van der Waals surface area contributed by atoms with Gasteiger partial charge in [-0.3, -0.25) is 0 Å². The molecule has 0 fully saturated rings. The Kier molecular flexibility index (Phi) is 13.7. The lowest BCUT2D eigenvalue weighted by molar-refractivity contribution is 1.21. The van der Waals surface area contributed by atoms with E-state index in [1.54, 1.807) is 6.20 Å². The van der Waals surface area contributed by atoms with Crippen molar-refractivity contribution >= 4 is 12.4 Å². The van der Waals surface area contributed by atoms with E-state index in [-0.39, 0.29) is 12.4 Å². The highest BCUT2D eigenvalue weighted by molar-refractivity contribution is 5.85. The van der Waals surface area contributed by atoms with Crippen molar-refractivity contribution in [3.05, 3.63) is 12.3 Å². The first-order valence-corrected chi connectivity index (χ1v) is 1.78. The molecule has 0 aromatic carbocycles. The van der Waals surface area contributed by atoms with Gasteiger partial charge in [0.05, 0.1) is 0 Å². The predicted molar refractivity (Wildman–Crippen MR) is 30.9 cm³/mol. The molecule has 0 unspecified atom stereocenters. The van der Waals surface area contributed by atoms with Crippen molar-refractivity contribution in [2.75, 3.05) is 0 Å². The van der Waals surface area contributed by atoms with Gasteiger partial charge in [0.2, 0.25) is 0 Å². The third-order valence-corrected chi connectivity index (χ3v) is 0.372. The summed E-state index contributed by atoms with van der Waals surface area (Å²) in [5.74, 6) is 0. The van der Waals surface area contributed by atoms with Crippen LogP contribution in [0.5, 0.6) is 0 Å². The quantitative estimate of drug-likeness (QED) is 0.537. The summed E-state index contributed by atoms with van der Waals surface area (Å²) in [5, 5.41) is 0. The fourth-order valence-electron chi connectivity index (χ4n) is 0.136. The van der Waals surface area contributed by atoms with Gasteiger partial charge in [0.15, 0.2) is 0 Å². The average Bonchev–Trinajstić information content (AvgIpc) is 1.41. The molecule has 0 heterocycles. The molecule has 38 valence electrons. The summed E-state index contributed by atoms with van der Waals surface area (Å²) < 4.78 is 0. The largest absolute Gasteiger partial charge is 0.405 e. The lowest BCUT2D eigenvalue weighted by atomic mass is 10.5. The molecule has 0 aromatic heterocycles. The van der Waals surface area contributed by atoms with Gasteiger partial charge in [-0.25, -0.2) is 0 Å². The average molecular weight is 108 g/mol. The first kappa shape index (κ1) is 9.27. The molecule has 0 radical (unpaired) electrons. The number of allylic oxidation sites excluding steroid dienone is 1. The van der Waals surface area contributed by atoms with E-state index in [0.717, 1.165) is 6.42 Å². The summed E-state index contributed by atoms with van der Waals surface area (Å²) in [6, 6.07) is 0. The van der Waals surface area contributed by atoms with Crippen molar-refractivity contribution in [3.63, 3.8) is 0 Å². The maximum atomic E-state index is 4.96. The van der Waals surface area contributed by atoms with E-state index in [9.17, 15) is 0 Å². The van der Waals surface area contributed by atoms with Crippen LogP contribution in [-0.2, 0) is 0 Å². The Bertz CT molecular complexity index is 34.5. The standard InChI is InChI=1S/C4H9N.ClH/c1-2-3-4-5;/h3-4H,2,5H2,1H3;1H/b4-3-;. The van der Waals surface area contributed by atoms with E-state index < -0.39 is 0 Å². The molecule has 0 amide bonds. The third-order valence-electron chi connectivity index (χ3n) is 0.372. The SMILES string of the molecule is CC/C=C\N.Cl. The van der Waals surface area contributed by atoms with Gasteiger partial charge < -0.3 is 5.73 Å². The van der Waals surface area contributed by atoms with E-state index in [1.165, 1.54) is 0 Å². The van der Waals surface area contributed by atoms with Crippen molar-refractivity contribution < 1.29 is 0 Å². The Hall–Kier alpha value is -0.170. The van der Waals surface area contributed by atoms with E-state index in [4.69, 9.17) is 5.73 Å². The molecule has 1 nitrogen and oxygen atoms in total. The number of nitrogens with two attached hydrogens (primary N) is 1. The van der Waals surface area contributed by atoms with Crippen LogP contribution < -0.4 is 5.73 Å². The van der Waals surface area contributed by atoms with Gasteiger partial charge in [0.25, 0.3) is 0 Å². The highest BCUT2D eigenvalue weighted by Gasteiger charge is 1.52. The van der Waals surface area contributed by atoms with Crippen molar-refractivity contribution in [1.82, 2.24) is 0 Å². The van der Waals surface area contributed by atoms with Crippen LogP contribution in [0.3, 0.4) is 0 Å². The van der Waals surface area contributed by atoms with Crippen LogP contribution in [0.1, 0.15) is 13.3 Å². The van der Waals surface area contributed by atoms with Crippen LogP contribution in [0.15, 0.2) is 12.3 Å². The molecule has 0 aromatic rings. The molecular formula is C4H10ClN. The zero-order chi connectivity index (χ0) is 4.12. The Morgan fingerprint density at radius 3 is 2.17 bits per heavy atom. The highest BCUT2D eigenvalue weighted by Crippen LogP contribution is 1.69. The minimum Gasteiger partial charge on any atom is -0.405 e. The van der Waals surface area contributed by atoms with E-state index >= 15 is 0 Å². The summed E-state index contributed by atoms with van der Waals surface area (Å²) in [6.07, 6.45) is 4.50.